The van der Waals surface area contributed by atoms with Gasteiger partial charge in [-0.3, -0.25) is 0 Å². The predicted octanol–water partition coefficient (Wildman–Crippen LogP) is 0.0405. The molecule has 2 N–H and O–H groups in total. The van der Waals surface area contributed by atoms with Gasteiger partial charge in [0.15, 0.2) is 0 Å². The van der Waals surface area contributed by atoms with Crippen molar-refractivity contribution in [3.63, 3.8) is 0 Å². The number of nitrogens with one attached hydrogen (secondary N) is 2. The third-order valence-electron chi connectivity index (χ3n) is 1.04. The first-order valence-electron chi connectivity index (χ1n) is 2.57. The fraction of sp³-hybridized carbons (Fsp3) is 0.600. The fourth-order valence-electron chi connectivity index (χ4n) is 0.661. The van der Waals surface area contributed by atoms with E-state index in [2.05, 4.69) is 10.6 Å². The predicted molar refractivity (Wildman–Crippen MR) is 29.8 cm³/mol. The first kappa shape index (κ1) is 4.50. The molecule has 0 unspecified atom stereocenters. The minimum Gasteiger partial charge on any atom is -0.370 e. The lowest BCUT2D eigenvalue weighted by Gasteiger charge is -1.92. The van der Waals surface area contributed by atoms with E-state index in [4.69, 9.17) is 0 Å². The van der Waals surface area contributed by atoms with Crippen LogP contribution in [-0.2, 0) is 0 Å². The smallest absolute Gasteiger partial charge is 0.0943 e. The van der Waals surface area contributed by atoms with Gasteiger partial charge in [0, 0.05) is 13.1 Å². The van der Waals surface area contributed by atoms with Crippen LogP contribution in [0, 0.1) is 0 Å². The molecule has 2 nitrogen and oxygen atoms in total. The standard InChI is InChI=1S/C5H10N2/c1-2-5-6-3-4-7-5/h2,6-7H,3-4H2,1H3. The maximum atomic E-state index is 3.16. The van der Waals surface area contributed by atoms with E-state index in [0.29, 0.717) is 0 Å². The number of hydrogen-bond acceptors (Lipinski definition) is 2. The van der Waals surface area contributed by atoms with Crippen LogP contribution in [0.2, 0.25) is 0 Å². The molecule has 0 aromatic rings. The minimum absolute atomic E-state index is 1.07. The first-order valence-corrected chi connectivity index (χ1v) is 2.57. The Labute approximate surface area is 43.6 Å². The lowest BCUT2D eigenvalue weighted by molar-refractivity contribution is 0.942. The van der Waals surface area contributed by atoms with Crippen LogP contribution in [0.5, 0.6) is 0 Å². The third-order valence-corrected chi connectivity index (χ3v) is 1.04. The van der Waals surface area contributed by atoms with Crippen molar-refractivity contribution >= 4 is 0 Å². The summed E-state index contributed by atoms with van der Waals surface area (Å²) in [6, 6.07) is 0. The molecule has 0 spiro atoms. The van der Waals surface area contributed by atoms with Gasteiger partial charge in [0.25, 0.3) is 0 Å². The molecule has 0 saturated carbocycles. The second kappa shape index (κ2) is 1.87. The van der Waals surface area contributed by atoms with Crippen LogP contribution < -0.4 is 10.6 Å². The van der Waals surface area contributed by atoms with E-state index in [1.54, 1.807) is 0 Å². The Balaban J connectivity index is 2.41. The highest BCUT2D eigenvalue weighted by molar-refractivity contribution is 4.99. The van der Waals surface area contributed by atoms with Crippen molar-refractivity contribution in [1.82, 2.24) is 10.6 Å². The summed E-state index contributed by atoms with van der Waals surface area (Å²) in [6.45, 7) is 4.15. The summed E-state index contributed by atoms with van der Waals surface area (Å²) in [5.41, 5.74) is 0. The van der Waals surface area contributed by atoms with Crippen LogP contribution >= 0.6 is 0 Å². The van der Waals surface area contributed by atoms with Crippen molar-refractivity contribution in [1.29, 1.82) is 0 Å². The lowest BCUT2D eigenvalue weighted by Crippen LogP contribution is -2.08. The summed E-state index contributed by atoms with van der Waals surface area (Å²) >= 11 is 0. The monoisotopic (exact) mass is 98.1 g/mol. The van der Waals surface area contributed by atoms with Gasteiger partial charge in [-0.25, -0.2) is 0 Å². The number of hydrogen-bond donors (Lipinski definition) is 2. The summed E-state index contributed by atoms with van der Waals surface area (Å²) in [7, 11) is 0. The highest BCUT2D eigenvalue weighted by Crippen LogP contribution is 1.85. The van der Waals surface area contributed by atoms with Gasteiger partial charge in [0.05, 0.1) is 5.82 Å². The van der Waals surface area contributed by atoms with Gasteiger partial charge in [-0.15, -0.1) is 0 Å². The molecule has 7 heavy (non-hydrogen) atoms. The molecule has 1 aliphatic heterocycles. The van der Waals surface area contributed by atoms with Crippen LogP contribution in [-0.4, -0.2) is 13.1 Å². The Morgan fingerprint density at radius 3 is 2.29 bits per heavy atom. The average Bonchev–Trinajstić information content (AvgIpc) is 2.14. The highest BCUT2D eigenvalue weighted by Gasteiger charge is 1.98. The fourth-order valence-corrected chi connectivity index (χ4v) is 0.661. The van der Waals surface area contributed by atoms with Crippen LogP contribution in [0.4, 0.5) is 0 Å². The molecule has 0 radical (unpaired) electrons. The molecule has 0 aromatic heterocycles. The highest BCUT2D eigenvalue weighted by atomic mass is 15.2. The van der Waals surface area contributed by atoms with Crippen molar-refractivity contribution in [3.8, 4) is 0 Å². The first-order chi connectivity index (χ1) is 3.43. The maximum absolute atomic E-state index is 3.16. The molecule has 1 aliphatic rings. The molecule has 1 heterocycles. The Kier molecular flexibility index (Phi) is 1.20. The quantitative estimate of drug-likeness (QED) is 0.447. The molecule has 0 bridgehead atoms. The molecule has 0 aliphatic carbocycles. The molecular formula is C5H10N2. The van der Waals surface area contributed by atoms with Crippen molar-refractivity contribution in [3.05, 3.63) is 11.9 Å². The Morgan fingerprint density at radius 1 is 1.43 bits per heavy atom. The van der Waals surface area contributed by atoms with Crippen LogP contribution in [0.15, 0.2) is 11.9 Å². The van der Waals surface area contributed by atoms with Crippen molar-refractivity contribution in [2.24, 2.45) is 0 Å². The summed E-state index contributed by atoms with van der Waals surface area (Å²) in [6.07, 6.45) is 2.03. The topological polar surface area (TPSA) is 24.1 Å². The van der Waals surface area contributed by atoms with Crippen molar-refractivity contribution < 1.29 is 0 Å². The normalized spacial score (nSPS) is 18.1. The molecule has 1 saturated heterocycles. The van der Waals surface area contributed by atoms with E-state index in [1.165, 1.54) is 5.82 Å². The van der Waals surface area contributed by atoms with Crippen molar-refractivity contribution in [2.75, 3.05) is 13.1 Å². The Bertz CT molecular complexity index is 78.1. The second-order valence-corrected chi connectivity index (χ2v) is 1.56. The Morgan fingerprint density at radius 2 is 2.00 bits per heavy atom. The van der Waals surface area contributed by atoms with E-state index in [-0.39, 0.29) is 0 Å². The number of allylic oxidation sites excluding steroid dienone is 1. The van der Waals surface area contributed by atoms with Gasteiger partial charge >= 0.3 is 0 Å². The zero-order chi connectivity index (χ0) is 5.11. The molecule has 0 aromatic carbocycles. The zero-order valence-electron chi connectivity index (χ0n) is 4.49. The lowest BCUT2D eigenvalue weighted by atomic mass is 10.6. The molecule has 1 fully saturated rings. The van der Waals surface area contributed by atoms with Crippen molar-refractivity contribution in [2.45, 2.75) is 6.92 Å². The molecule has 40 valence electrons. The molecule has 2 heteroatoms. The SMILES string of the molecule is CC=C1NCCN1. The summed E-state index contributed by atoms with van der Waals surface area (Å²) in [5, 5.41) is 6.31. The number of rotatable bonds is 0. The summed E-state index contributed by atoms with van der Waals surface area (Å²) < 4.78 is 0. The van der Waals surface area contributed by atoms with Crippen LogP contribution in [0.3, 0.4) is 0 Å². The Hall–Kier alpha value is -0.660. The van der Waals surface area contributed by atoms with Gasteiger partial charge in [0.1, 0.15) is 0 Å². The van der Waals surface area contributed by atoms with Gasteiger partial charge in [-0.05, 0) is 13.0 Å². The minimum atomic E-state index is 1.07. The van der Waals surface area contributed by atoms with Gasteiger partial charge in [0.2, 0.25) is 0 Å². The van der Waals surface area contributed by atoms with Gasteiger partial charge in [-0.1, -0.05) is 0 Å². The van der Waals surface area contributed by atoms with Gasteiger partial charge in [-0.2, -0.15) is 0 Å². The largest absolute Gasteiger partial charge is 0.370 e. The summed E-state index contributed by atoms with van der Waals surface area (Å²) in [5.74, 6) is 1.17. The van der Waals surface area contributed by atoms with E-state index in [9.17, 15) is 0 Å². The van der Waals surface area contributed by atoms with E-state index in [1.807, 2.05) is 13.0 Å². The van der Waals surface area contributed by atoms with E-state index < -0.39 is 0 Å². The van der Waals surface area contributed by atoms with Crippen LogP contribution in [0.25, 0.3) is 0 Å². The molecule has 0 amide bonds. The molecule has 0 atom stereocenters. The van der Waals surface area contributed by atoms with Gasteiger partial charge < -0.3 is 10.6 Å². The zero-order valence-corrected chi connectivity index (χ0v) is 4.49. The molecular weight excluding hydrogens is 88.1 g/mol. The van der Waals surface area contributed by atoms with E-state index >= 15 is 0 Å². The molecule has 1 rings (SSSR count). The van der Waals surface area contributed by atoms with Crippen LogP contribution in [0.1, 0.15) is 6.92 Å². The third kappa shape index (κ3) is 0.856. The maximum Gasteiger partial charge on any atom is 0.0943 e. The second-order valence-electron chi connectivity index (χ2n) is 1.56. The van der Waals surface area contributed by atoms with E-state index in [0.717, 1.165) is 13.1 Å². The average molecular weight is 98.1 g/mol. The summed E-state index contributed by atoms with van der Waals surface area (Å²) in [4.78, 5) is 0.